The van der Waals surface area contributed by atoms with E-state index in [9.17, 15) is 9.59 Å². The first-order chi connectivity index (χ1) is 17.3. The zero-order valence-corrected chi connectivity index (χ0v) is 23.8. The smallest absolute Gasteiger partial charge is 0.401 e. The van der Waals surface area contributed by atoms with Gasteiger partial charge in [-0.1, -0.05) is 47.5 Å². The second-order valence-corrected chi connectivity index (χ2v) is 9.20. The molecule has 0 radical (unpaired) electrons. The van der Waals surface area contributed by atoms with Crippen molar-refractivity contribution < 1.29 is 49.5 Å². The molecule has 200 valence electrons. The van der Waals surface area contributed by atoms with Crippen molar-refractivity contribution in [3.63, 3.8) is 0 Å². The molecule has 0 aliphatic heterocycles. The van der Waals surface area contributed by atoms with Crippen LogP contribution in [0.3, 0.4) is 0 Å². The Kier molecular flexibility index (Phi) is 14.9. The Hall–Kier alpha value is -2.67. The first-order valence-electron chi connectivity index (χ1n) is 11.2. The molecule has 5 nitrogen and oxygen atoms in total. The molecule has 0 saturated heterocycles. The van der Waals surface area contributed by atoms with Crippen molar-refractivity contribution in [2.45, 2.75) is 25.7 Å². The third-order valence-electron chi connectivity index (χ3n) is 5.44. The Morgan fingerprint density at radius 3 is 1.53 bits per heavy atom. The summed E-state index contributed by atoms with van der Waals surface area (Å²) in [6, 6.07) is 22.7. The highest BCUT2D eigenvalue weighted by molar-refractivity contribution is 6.67. The third kappa shape index (κ3) is 10.6. The van der Waals surface area contributed by atoms with E-state index in [4.69, 9.17) is 39.9 Å². The maximum absolute atomic E-state index is 11.2. The summed E-state index contributed by atoms with van der Waals surface area (Å²) in [6.45, 7) is 0. The largest absolute Gasteiger partial charge is 1.00 e. The van der Waals surface area contributed by atoms with Crippen molar-refractivity contribution >= 4 is 46.0 Å². The minimum atomic E-state index is -0.934. The predicted octanol–water partition coefficient (Wildman–Crippen LogP) is -0.0362. The highest BCUT2D eigenvalue weighted by atomic mass is 35.5. The van der Waals surface area contributed by atoms with Crippen LogP contribution >= 0.6 is 34.8 Å². The van der Waals surface area contributed by atoms with E-state index >= 15 is 0 Å². The normalized spacial score (nSPS) is 9.76. The van der Waals surface area contributed by atoms with E-state index in [0.29, 0.717) is 17.1 Å². The molecule has 0 aliphatic rings. The number of aromatic nitrogens is 2. The fourth-order valence-corrected chi connectivity index (χ4v) is 4.29. The molecule has 2 heterocycles. The number of hydrogen-bond donors (Lipinski definition) is 1. The molecule has 0 amide bonds. The molecule has 0 aliphatic carbocycles. The van der Waals surface area contributed by atoms with E-state index in [0.717, 1.165) is 46.5 Å². The van der Waals surface area contributed by atoms with Gasteiger partial charge in [-0.05, 0) is 84.8 Å². The van der Waals surface area contributed by atoms with Gasteiger partial charge in [0.1, 0.15) is 0 Å². The van der Waals surface area contributed by atoms with E-state index in [1.165, 1.54) is 0 Å². The van der Waals surface area contributed by atoms with Gasteiger partial charge in [0.15, 0.2) is 12.4 Å². The van der Waals surface area contributed by atoms with Crippen LogP contribution in [-0.2, 0) is 25.7 Å². The molecule has 0 spiro atoms. The van der Waals surface area contributed by atoms with Crippen LogP contribution in [0.25, 0.3) is 0 Å². The number of aryl methyl sites for hydroxylation is 4. The van der Waals surface area contributed by atoms with Crippen LogP contribution in [-0.4, -0.2) is 16.3 Å². The van der Waals surface area contributed by atoms with Crippen molar-refractivity contribution in [3.05, 3.63) is 129 Å². The van der Waals surface area contributed by atoms with Crippen LogP contribution in [0.5, 0.6) is 0 Å². The standard InChI is InChI=1S/C14H11Cl2NO.C14H12ClNO2.2ClH/c15-12-5-1-3-10(9-12)6-7-11-4-2-8-17-13(11)14(16)18;15-12-5-1-3-10(9-12)6-7-11-4-2-8-16-13(11)14(17)18;;/h1-5,8-9H,6-7H2;1-5,8-9H,6-7H2,(H,17,18);2*1H. The highest BCUT2D eigenvalue weighted by Gasteiger charge is 2.17. The molecule has 4 aromatic rings. The average Bonchev–Trinajstić information content (AvgIpc) is 2.87. The lowest BCUT2D eigenvalue weighted by molar-refractivity contribution is -0.384. The molecule has 0 fully saturated rings. The topological polar surface area (TPSA) is 82.7 Å². The Labute approximate surface area is 249 Å². The lowest BCUT2D eigenvalue weighted by Crippen LogP contribution is -3.00. The summed E-state index contributed by atoms with van der Waals surface area (Å²) in [7, 11) is 0. The van der Waals surface area contributed by atoms with Crippen molar-refractivity contribution in [1.82, 2.24) is 0 Å². The number of pyridine rings is 2. The van der Waals surface area contributed by atoms with Crippen LogP contribution in [0, 0.1) is 0 Å². The molecule has 2 aromatic carbocycles. The number of carbonyl (C=O) groups excluding carboxylic acids is 1. The molecule has 38 heavy (non-hydrogen) atoms. The van der Waals surface area contributed by atoms with E-state index in [-0.39, 0.29) is 30.5 Å². The van der Waals surface area contributed by atoms with Crippen LogP contribution in [0.2, 0.25) is 10.0 Å². The monoisotopic (exact) mass is 612 g/mol. The molecular weight excluding hydrogens is 590 g/mol. The number of nitrogens with one attached hydrogen (secondary N) is 2. The summed E-state index contributed by atoms with van der Waals surface area (Å²) in [5.74, 6) is -0.934. The predicted molar refractivity (Wildman–Crippen MR) is 141 cm³/mol. The molecule has 4 rings (SSSR count). The molecule has 0 bridgehead atoms. The second-order valence-electron chi connectivity index (χ2n) is 7.98. The number of halogens is 5. The van der Waals surface area contributed by atoms with Crippen LogP contribution < -0.4 is 34.8 Å². The van der Waals surface area contributed by atoms with Crippen molar-refractivity contribution in [1.29, 1.82) is 0 Å². The van der Waals surface area contributed by atoms with Gasteiger partial charge in [0.05, 0.1) is 0 Å². The molecule has 3 N–H and O–H groups in total. The zero-order chi connectivity index (χ0) is 25.9. The molecule has 2 aromatic heterocycles. The van der Waals surface area contributed by atoms with Crippen LogP contribution in [0.1, 0.15) is 43.2 Å². The van der Waals surface area contributed by atoms with Gasteiger partial charge >= 0.3 is 11.2 Å². The van der Waals surface area contributed by atoms with Crippen molar-refractivity contribution in [2.75, 3.05) is 0 Å². The Bertz CT molecular complexity index is 1250. The molecular formula is C28H25Cl5N2O3. The Morgan fingerprint density at radius 2 is 1.11 bits per heavy atom. The first-order valence-corrected chi connectivity index (χ1v) is 12.4. The lowest BCUT2D eigenvalue weighted by atomic mass is 10.0. The molecule has 0 unspecified atom stereocenters. The SMILES string of the molecule is O=C(Cl)c1[nH+]cccc1CCc1cccc(Cl)c1.O=C(O)c1[nH+]cccc1CCc1cccc(Cl)c1.[Cl-].[Cl-]. The van der Waals surface area contributed by atoms with Gasteiger partial charge in [0.2, 0.25) is 0 Å². The second kappa shape index (κ2) is 17.0. The lowest BCUT2D eigenvalue weighted by Gasteiger charge is -2.02. The number of aromatic amines is 2. The third-order valence-corrected chi connectivity index (χ3v) is 6.10. The van der Waals surface area contributed by atoms with Crippen LogP contribution in [0.4, 0.5) is 0 Å². The van der Waals surface area contributed by atoms with E-state index in [1.54, 1.807) is 18.5 Å². The summed E-state index contributed by atoms with van der Waals surface area (Å²) in [5.41, 5.74) is 4.66. The Morgan fingerprint density at radius 1 is 0.658 bits per heavy atom. The summed E-state index contributed by atoms with van der Waals surface area (Å²) >= 11 is 17.4. The first kappa shape index (κ1) is 33.4. The fourth-order valence-electron chi connectivity index (χ4n) is 3.69. The number of aromatic carboxylic acids is 1. The molecule has 0 saturated carbocycles. The maximum Gasteiger partial charge on any atom is 0.401 e. The number of carboxylic acids is 1. The van der Waals surface area contributed by atoms with Crippen molar-refractivity contribution in [3.8, 4) is 0 Å². The van der Waals surface area contributed by atoms with E-state index in [2.05, 4.69) is 9.97 Å². The minimum Gasteiger partial charge on any atom is -1.00 e. The van der Waals surface area contributed by atoms with Gasteiger partial charge < -0.3 is 29.9 Å². The number of benzene rings is 2. The fraction of sp³-hybridized carbons (Fsp3) is 0.143. The van der Waals surface area contributed by atoms with Crippen LogP contribution in [0.15, 0.2) is 85.2 Å². The Balaban J connectivity index is 0.000000361. The molecule has 10 heteroatoms. The number of H-pyrrole nitrogens is 2. The zero-order valence-electron chi connectivity index (χ0n) is 20.1. The van der Waals surface area contributed by atoms with Gasteiger partial charge in [-0.25, -0.2) is 14.8 Å². The summed E-state index contributed by atoms with van der Waals surface area (Å²) < 4.78 is 0. The maximum atomic E-state index is 11.2. The van der Waals surface area contributed by atoms with Gasteiger partial charge in [0, 0.05) is 33.3 Å². The van der Waals surface area contributed by atoms with Gasteiger partial charge in [-0.3, -0.25) is 4.79 Å². The van der Waals surface area contributed by atoms with Gasteiger partial charge in [-0.15, -0.1) is 0 Å². The summed E-state index contributed by atoms with van der Waals surface area (Å²) in [5, 5.41) is 10.0. The quantitative estimate of drug-likeness (QED) is 0.283. The van der Waals surface area contributed by atoms with E-state index < -0.39 is 11.2 Å². The van der Waals surface area contributed by atoms with Crippen molar-refractivity contribution in [2.24, 2.45) is 0 Å². The summed E-state index contributed by atoms with van der Waals surface area (Å²) in [4.78, 5) is 27.9. The minimum absolute atomic E-state index is 0. The number of carbonyl (C=O) groups is 2. The van der Waals surface area contributed by atoms with E-state index in [1.807, 2.05) is 66.7 Å². The highest BCUT2D eigenvalue weighted by Crippen LogP contribution is 2.15. The number of rotatable bonds is 8. The summed E-state index contributed by atoms with van der Waals surface area (Å²) in [6.07, 6.45) is 6.30. The van der Waals surface area contributed by atoms with Gasteiger partial charge in [0.25, 0.3) is 11.4 Å². The molecule has 0 atom stereocenters. The van der Waals surface area contributed by atoms with Gasteiger partial charge in [-0.2, -0.15) is 0 Å². The number of carboxylic acid groups (broad SMARTS) is 1. The average molecular weight is 615 g/mol. The number of hydrogen-bond acceptors (Lipinski definition) is 2.